The SMILES string of the molecule is O=c1oc(=O)n(Cc2cccc(O)c2)c2ccccc12. The van der Waals surface area contributed by atoms with Crippen LogP contribution in [0.15, 0.2) is 62.5 Å². The van der Waals surface area contributed by atoms with Crippen molar-refractivity contribution in [2.45, 2.75) is 6.54 Å². The normalized spacial score (nSPS) is 10.8. The summed E-state index contributed by atoms with van der Waals surface area (Å²) in [7, 11) is 0. The van der Waals surface area contributed by atoms with Gasteiger partial charge in [-0.05, 0) is 29.8 Å². The first-order chi connectivity index (χ1) is 9.65. The Morgan fingerprint density at radius 3 is 2.65 bits per heavy atom. The van der Waals surface area contributed by atoms with E-state index in [0.717, 1.165) is 5.56 Å². The molecule has 0 spiro atoms. The van der Waals surface area contributed by atoms with Gasteiger partial charge in [0.25, 0.3) is 0 Å². The topological polar surface area (TPSA) is 72.4 Å². The molecule has 0 saturated heterocycles. The van der Waals surface area contributed by atoms with Crippen LogP contribution in [0.2, 0.25) is 0 Å². The van der Waals surface area contributed by atoms with Crippen molar-refractivity contribution in [1.29, 1.82) is 0 Å². The van der Waals surface area contributed by atoms with E-state index < -0.39 is 11.4 Å². The predicted octanol–water partition coefficient (Wildman–Crippen LogP) is 1.71. The van der Waals surface area contributed by atoms with Crippen molar-refractivity contribution in [3.05, 3.63) is 75.1 Å². The molecule has 3 rings (SSSR count). The predicted molar refractivity (Wildman–Crippen MR) is 74.0 cm³/mol. The summed E-state index contributed by atoms with van der Waals surface area (Å²) >= 11 is 0. The highest BCUT2D eigenvalue weighted by molar-refractivity contribution is 5.77. The molecule has 0 aliphatic carbocycles. The maximum absolute atomic E-state index is 11.9. The molecular weight excluding hydrogens is 258 g/mol. The molecule has 0 radical (unpaired) electrons. The van der Waals surface area contributed by atoms with Crippen molar-refractivity contribution < 1.29 is 9.52 Å². The Labute approximate surface area is 113 Å². The van der Waals surface area contributed by atoms with Crippen LogP contribution in [0.1, 0.15) is 5.56 Å². The fourth-order valence-corrected chi connectivity index (χ4v) is 2.16. The third kappa shape index (κ3) is 2.09. The van der Waals surface area contributed by atoms with E-state index in [1.807, 2.05) is 0 Å². The van der Waals surface area contributed by atoms with Crippen LogP contribution in [-0.2, 0) is 6.54 Å². The lowest BCUT2D eigenvalue weighted by atomic mass is 10.2. The van der Waals surface area contributed by atoms with Crippen LogP contribution in [0.25, 0.3) is 10.9 Å². The van der Waals surface area contributed by atoms with Gasteiger partial charge in [0, 0.05) is 0 Å². The van der Waals surface area contributed by atoms with Gasteiger partial charge < -0.3 is 9.52 Å². The van der Waals surface area contributed by atoms with E-state index in [1.54, 1.807) is 48.5 Å². The van der Waals surface area contributed by atoms with Crippen molar-refractivity contribution >= 4 is 10.9 Å². The molecule has 0 saturated carbocycles. The Hall–Kier alpha value is -2.82. The molecule has 0 bridgehead atoms. The van der Waals surface area contributed by atoms with Crippen LogP contribution >= 0.6 is 0 Å². The molecule has 2 aromatic carbocycles. The average Bonchev–Trinajstić information content (AvgIpc) is 2.43. The average molecular weight is 269 g/mol. The molecule has 0 unspecified atom stereocenters. The molecule has 0 aliphatic heterocycles. The van der Waals surface area contributed by atoms with Gasteiger partial charge in [-0.15, -0.1) is 0 Å². The minimum Gasteiger partial charge on any atom is -0.508 e. The molecule has 5 nitrogen and oxygen atoms in total. The lowest BCUT2D eigenvalue weighted by molar-refractivity contribution is 0.424. The Balaban J connectivity index is 2.21. The monoisotopic (exact) mass is 269 g/mol. The number of hydrogen-bond acceptors (Lipinski definition) is 4. The zero-order valence-corrected chi connectivity index (χ0v) is 10.4. The molecule has 20 heavy (non-hydrogen) atoms. The van der Waals surface area contributed by atoms with E-state index in [4.69, 9.17) is 4.42 Å². The second-order valence-electron chi connectivity index (χ2n) is 4.43. The summed E-state index contributed by atoms with van der Waals surface area (Å²) in [4.78, 5) is 23.5. The van der Waals surface area contributed by atoms with E-state index >= 15 is 0 Å². The summed E-state index contributed by atoms with van der Waals surface area (Å²) in [6, 6.07) is 13.4. The summed E-state index contributed by atoms with van der Waals surface area (Å²) in [5.41, 5.74) is 0.612. The highest BCUT2D eigenvalue weighted by Crippen LogP contribution is 2.14. The Morgan fingerprint density at radius 2 is 1.85 bits per heavy atom. The maximum Gasteiger partial charge on any atom is 0.422 e. The second kappa shape index (κ2) is 4.70. The number of phenols is 1. The molecule has 5 heteroatoms. The van der Waals surface area contributed by atoms with E-state index in [9.17, 15) is 14.7 Å². The smallest absolute Gasteiger partial charge is 0.422 e. The molecule has 1 aromatic heterocycles. The summed E-state index contributed by atoms with van der Waals surface area (Å²) in [6.07, 6.45) is 0. The Bertz CT molecular complexity index is 892. The van der Waals surface area contributed by atoms with Gasteiger partial charge in [0.2, 0.25) is 0 Å². The van der Waals surface area contributed by atoms with Crippen LogP contribution < -0.4 is 11.4 Å². The number of nitrogens with zero attached hydrogens (tertiary/aromatic N) is 1. The Kier molecular flexibility index (Phi) is 2.87. The highest BCUT2D eigenvalue weighted by Gasteiger charge is 2.09. The minimum atomic E-state index is -0.711. The van der Waals surface area contributed by atoms with Crippen LogP contribution in [0, 0.1) is 0 Å². The van der Waals surface area contributed by atoms with Crippen molar-refractivity contribution in [1.82, 2.24) is 4.57 Å². The van der Waals surface area contributed by atoms with Gasteiger partial charge in [0.1, 0.15) is 5.75 Å². The number of rotatable bonds is 2. The fraction of sp³-hybridized carbons (Fsp3) is 0.0667. The number of phenolic OH excluding ortho intramolecular Hbond substituents is 1. The van der Waals surface area contributed by atoms with Gasteiger partial charge in [0.05, 0.1) is 17.4 Å². The van der Waals surface area contributed by atoms with E-state index in [0.29, 0.717) is 10.9 Å². The standard InChI is InChI=1S/C15H11NO4/c17-11-5-3-4-10(8-11)9-16-13-7-2-1-6-12(13)14(18)20-15(16)19/h1-8,17H,9H2. The van der Waals surface area contributed by atoms with Crippen molar-refractivity contribution in [2.75, 3.05) is 0 Å². The number of hydrogen-bond donors (Lipinski definition) is 1. The quantitative estimate of drug-likeness (QED) is 0.768. The number of aromatic hydroxyl groups is 1. The first kappa shape index (κ1) is 12.2. The number of aromatic nitrogens is 1. The van der Waals surface area contributed by atoms with Gasteiger partial charge in [-0.2, -0.15) is 0 Å². The molecule has 1 heterocycles. The largest absolute Gasteiger partial charge is 0.508 e. The maximum atomic E-state index is 11.9. The van der Waals surface area contributed by atoms with Gasteiger partial charge >= 0.3 is 11.4 Å². The number of fused-ring (bicyclic) bond motifs is 1. The fourth-order valence-electron chi connectivity index (χ4n) is 2.16. The number of benzene rings is 2. The highest BCUT2D eigenvalue weighted by atomic mass is 16.4. The zero-order chi connectivity index (χ0) is 14.1. The second-order valence-corrected chi connectivity index (χ2v) is 4.43. The first-order valence-electron chi connectivity index (χ1n) is 6.06. The zero-order valence-electron chi connectivity index (χ0n) is 10.4. The first-order valence-corrected chi connectivity index (χ1v) is 6.06. The molecule has 3 aromatic rings. The van der Waals surface area contributed by atoms with Crippen LogP contribution in [0.4, 0.5) is 0 Å². The van der Waals surface area contributed by atoms with E-state index in [1.165, 1.54) is 4.57 Å². The molecule has 1 N–H and O–H groups in total. The lowest BCUT2D eigenvalue weighted by Crippen LogP contribution is -2.25. The van der Waals surface area contributed by atoms with Crippen LogP contribution in [-0.4, -0.2) is 9.67 Å². The third-order valence-corrected chi connectivity index (χ3v) is 3.07. The number of para-hydroxylation sites is 1. The molecule has 0 amide bonds. The summed E-state index contributed by atoms with van der Waals surface area (Å²) in [6.45, 7) is 0.220. The van der Waals surface area contributed by atoms with Gasteiger partial charge in [-0.1, -0.05) is 24.3 Å². The van der Waals surface area contributed by atoms with Crippen molar-refractivity contribution in [3.8, 4) is 5.75 Å². The summed E-state index contributed by atoms with van der Waals surface area (Å²) < 4.78 is 6.08. The molecule has 100 valence electrons. The van der Waals surface area contributed by atoms with Gasteiger partial charge in [-0.25, -0.2) is 9.59 Å². The van der Waals surface area contributed by atoms with Crippen molar-refractivity contribution in [3.63, 3.8) is 0 Å². The van der Waals surface area contributed by atoms with Crippen LogP contribution in [0.5, 0.6) is 5.75 Å². The molecule has 0 atom stereocenters. The van der Waals surface area contributed by atoms with Crippen LogP contribution in [0.3, 0.4) is 0 Å². The van der Waals surface area contributed by atoms with E-state index in [2.05, 4.69) is 0 Å². The molecule has 0 fully saturated rings. The third-order valence-electron chi connectivity index (χ3n) is 3.07. The van der Waals surface area contributed by atoms with E-state index in [-0.39, 0.29) is 12.3 Å². The van der Waals surface area contributed by atoms with Crippen molar-refractivity contribution in [2.24, 2.45) is 0 Å². The van der Waals surface area contributed by atoms with Gasteiger partial charge in [-0.3, -0.25) is 4.57 Å². The Morgan fingerprint density at radius 1 is 1.05 bits per heavy atom. The lowest BCUT2D eigenvalue weighted by Gasteiger charge is -2.08. The molecular formula is C15H11NO4. The summed E-state index contributed by atoms with van der Waals surface area (Å²) in [5.74, 6) is -0.589. The van der Waals surface area contributed by atoms with Gasteiger partial charge in [0.15, 0.2) is 0 Å². The minimum absolute atomic E-state index is 0.122. The molecule has 0 aliphatic rings. The summed E-state index contributed by atoms with van der Waals surface area (Å²) in [5, 5.41) is 9.81.